The van der Waals surface area contributed by atoms with E-state index in [1.807, 2.05) is 67.8 Å². The minimum Gasteiger partial charge on any atom is -0.324 e. The molecule has 4 aromatic rings. The van der Waals surface area contributed by atoms with Crippen molar-refractivity contribution in [2.24, 2.45) is 12.2 Å². The molecule has 1 aromatic heterocycles. The number of benzene rings is 3. The maximum Gasteiger partial charge on any atom is 0.246 e. The summed E-state index contributed by atoms with van der Waals surface area (Å²) >= 11 is 0. The number of rotatable bonds is 9. The fourth-order valence-electron chi connectivity index (χ4n) is 3.74. The van der Waals surface area contributed by atoms with Crippen LogP contribution in [0.2, 0.25) is 0 Å². The van der Waals surface area contributed by atoms with Crippen LogP contribution in [0.4, 0.5) is 5.69 Å². The number of nitrogens with one attached hydrogen (secondary N) is 2. The Bertz CT molecular complexity index is 1380. The Morgan fingerprint density at radius 2 is 1.66 bits per heavy atom. The number of aryl methyl sites for hydroxylation is 1. The largest absolute Gasteiger partial charge is 0.324 e. The molecule has 1 heterocycles. The van der Waals surface area contributed by atoms with Gasteiger partial charge in [0.25, 0.3) is 0 Å². The molecule has 4 N–H and O–H groups in total. The number of hydrogen-bond donors (Lipinski definition) is 3. The lowest BCUT2D eigenvalue weighted by Crippen LogP contribution is -2.34. The van der Waals surface area contributed by atoms with Gasteiger partial charge in [-0.3, -0.25) is 9.48 Å². The predicted octanol–water partition coefficient (Wildman–Crippen LogP) is 3.25. The summed E-state index contributed by atoms with van der Waals surface area (Å²) in [6.45, 7) is 0.516. The predicted molar refractivity (Wildman–Crippen MR) is 136 cm³/mol. The van der Waals surface area contributed by atoms with Crippen molar-refractivity contribution in [2.75, 3.05) is 11.9 Å². The lowest BCUT2D eigenvalue weighted by molar-refractivity contribution is -0.118. The Balaban J connectivity index is 1.42. The number of carbonyl (C=O) groups excluding carboxylic acids is 1. The number of carbonyl (C=O) groups is 1. The second-order valence-corrected chi connectivity index (χ2v) is 9.77. The van der Waals surface area contributed by atoms with E-state index in [9.17, 15) is 13.2 Å². The van der Waals surface area contributed by atoms with Crippen molar-refractivity contribution in [3.63, 3.8) is 0 Å². The second-order valence-electron chi connectivity index (χ2n) is 8.21. The number of sulfonamides is 1. The summed E-state index contributed by atoms with van der Waals surface area (Å²) in [6, 6.07) is 23.0. The number of hydrogen-bond acceptors (Lipinski definition) is 5. The Kier molecular flexibility index (Phi) is 7.40. The van der Waals surface area contributed by atoms with Crippen LogP contribution in [-0.2, 0) is 28.3 Å². The summed E-state index contributed by atoms with van der Waals surface area (Å²) in [5, 5.41) is 15.7. The van der Waals surface area contributed by atoms with Gasteiger partial charge in [-0.1, -0.05) is 54.6 Å². The van der Waals surface area contributed by atoms with Crippen LogP contribution in [0.1, 0.15) is 17.2 Å². The molecule has 0 aliphatic heterocycles. The van der Waals surface area contributed by atoms with Crippen LogP contribution in [0.15, 0.2) is 96.2 Å². The second kappa shape index (κ2) is 10.6. The zero-order valence-electron chi connectivity index (χ0n) is 19.3. The van der Waals surface area contributed by atoms with Gasteiger partial charge in [0.2, 0.25) is 15.9 Å². The highest BCUT2D eigenvalue weighted by atomic mass is 32.2. The first-order chi connectivity index (χ1) is 16.8. The lowest BCUT2D eigenvalue weighted by atomic mass is 10.0. The van der Waals surface area contributed by atoms with Gasteiger partial charge in [0.1, 0.15) is 6.04 Å². The third-order valence-corrected chi connectivity index (χ3v) is 6.53. The van der Waals surface area contributed by atoms with Gasteiger partial charge in [-0.2, -0.15) is 5.10 Å². The van der Waals surface area contributed by atoms with Crippen LogP contribution >= 0.6 is 0 Å². The highest BCUT2D eigenvalue weighted by Gasteiger charge is 2.20. The molecule has 1 atom stereocenters. The molecule has 0 aliphatic rings. The number of nitrogens with zero attached hydrogens (tertiary/aromatic N) is 2. The van der Waals surface area contributed by atoms with E-state index in [2.05, 4.69) is 15.7 Å². The van der Waals surface area contributed by atoms with Gasteiger partial charge in [0, 0.05) is 31.0 Å². The Hall–Kier alpha value is -3.79. The summed E-state index contributed by atoms with van der Waals surface area (Å²) in [6.07, 6.45) is 4.35. The number of amides is 1. The van der Waals surface area contributed by atoms with E-state index in [0.29, 0.717) is 18.7 Å². The smallest absolute Gasteiger partial charge is 0.246 e. The standard InChI is InChI=1S/C26H27N5O3S/c1-31-18-22(17-29-31)20-9-11-23(12-10-20)30-26(32)25(21-5-3-2-4-6-21)28-16-15-19-7-13-24(14-8-19)35(27,33)34/h2-14,17-18,25,28H,15-16H2,1H3,(H,30,32)(H2,27,33,34)/t25-/m1/s1. The Morgan fingerprint density at radius 1 is 0.971 bits per heavy atom. The van der Waals surface area contributed by atoms with Crippen LogP contribution in [0.5, 0.6) is 0 Å². The number of anilines is 1. The van der Waals surface area contributed by atoms with Gasteiger partial charge in [-0.25, -0.2) is 13.6 Å². The normalized spacial score (nSPS) is 12.3. The molecule has 35 heavy (non-hydrogen) atoms. The number of primary sulfonamides is 1. The maximum absolute atomic E-state index is 13.2. The van der Waals surface area contributed by atoms with Crippen molar-refractivity contribution >= 4 is 21.6 Å². The molecular formula is C26H27N5O3S. The first kappa shape index (κ1) is 24.3. The Morgan fingerprint density at radius 3 is 2.26 bits per heavy atom. The van der Waals surface area contributed by atoms with Crippen LogP contribution in [0, 0.1) is 0 Å². The van der Waals surface area contributed by atoms with E-state index >= 15 is 0 Å². The van der Waals surface area contributed by atoms with Crippen LogP contribution < -0.4 is 15.8 Å². The molecule has 0 spiro atoms. The van der Waals surface area contributed by atoms with E-state index in [1.165, 1.54) is 12.1 Å². The highest BCUT2D eigenvalue weighted by Crippen LogP contribution is 2.22. The molecule has 3 aromatic carbocycles. The average molecular weight is 490 g/mol. The van der Waals surface area contributed by atoms with Gasteiger partial charge >= 0.3 is 0 Å². The average Bonchev–Trinajstić information content (AvgIpc) is 3.29. The van der Waals surface area contributed by atoms with Crippen LogP contribution in [-0.4, -0.2) is 30.7 Å². The zero-order valence-corrected chi connectivity index (χ0v) is 20.1. The number of aromatic nitrogens is 2. The molecule has 1 amide bonds. The van der Waals surface area contributed by atoms with Crippen molar-refractivity contribution < 1.29 is 13.2 Å². The molecule has 0 unspecified atom stereocenters. The molecule has 4 rings (SSSR count). The quantitative estimate of drug-likeness (QED) is 0.333. The van der Waals surface area contributed by atoms with Crippen molar-refractivity contribution in [3.05, 3.63) is 102 Å². The van der Waals surface area contributed by atoms with E-state index in [1.54, 1.807) is 23.0 Å². The van der Waals surface area contributed by atoms with Gasteiger partial charge in [-0.05, 0) is 47.4 Å². The SMILES string of the molecule is Cn1cc(-c2ccc(NC(=O)[C@H](NCCc3ccc(S(N)(=O)=O)cc3)c3ccccc3)cc2)cn1. The molecule has 180 valence electrons. The summed E-state index contributed by atoms with van der Waals surface area (Å²) < 4.78 is 24.6. The molecule has 9 heteroatoms. The summed E-state index contributed by atoms with van der Waals surface area (Å²) in [5.74, 6) is -0.171. The third kappa shape index (κ3) is 6.42. The molecule has 0 saturated heterocycles. The van der Waals surface area contributed by atoms with E-state index in [4.69, 9.17) is 5.14 Å². The minimum absolute atomic E-state index is 0.0743. The third-order valence-electron chi connectivity index (χ3n) is 5.60. The first-order valence-corrected chi connectivity index (χ1v) is 12.6. The van der Waals surface area contributed by atoms with E-state index in [0.717, 1.165) is 22.3 Å². The zero-order chi connectivity index (χ0) is 24.8. The maximum atomic E-state index is 13.2. The Labute approximate surface area is 204 Å². The summed E-state index contributed by atoms with van der Waals surface area (Å²) in [5.41, 5.74) is 4.50. The fourth-order valence-corrected chi connectivity index (χ4v) is 4.26. The summed E-state index contributed by atoms with van der Waals surface area (Å²) in [4.78, 5) is 13.3. The van der Waals surface area contributed by atoms with Crippen molar-refractivity contribution in [1.29, 1.82) is 0 Å². The molecule has 0 bridgehead atoms. The summed E-state index contributed by atoms with van der Waals surface area (Å²) in [7, 11) is -1.85. The van der Waals surface area contributed by atoms with Gasteiger partial charge in [-0.15, -0.1) is 0 Å². The van der Waals surface area contributed by atoms with Crippen LogP contribution in [0.3, 0.4) is 0 Å². The van der Waals surface area contributed by atoms with Gasteiger partial charge < -0.3 is 10.6 Å². The molecular weight excluding hydrogens is 462 g/mol. The monoisotopic (exact) mass is 489 g/mol. The first-order valence-electron chi connectivity index (χ1n) is 11.1. The topological polar surface area (TPSA) is 119 Å². The molecule has 0 fully saturated rings. The molecule has 0 radical (unpaired) electrons. The number of nitrogens with two attached hydrogens (primary N) is 1. The fraction of sp³-hybridized carbons (Fsp3) is 0.154. The van der Waals surface area contributed by atoms with Crippen molar-refractivity contribution in [2.45, 2.75) is 17.4 Å². The van der Waals surface area contributed by atoms with E-state index in [-0.39, 0.29) is 10.8 Å². The van der Waals surface area contributed by atoms with Gasteiger partial charge in [0.15, 0.2) is 0 Å². The molecule has 0 aliphatic carbocycles. The highest BCUT2D eigenvalue weighted by molar-refractivity contribution is 7.89. The molecule has 0 saturated carbocycles. The van der Waals surface area contributed by atoms with E-state index < -0.39 is 16.1 Å². The van der Waals surface area contributed by atoms with Gasteiger partial charge in [0.05, 0.1) is 11.1 Å². The molecule has 8 nitrogen and oxygen atoms in total. The lowest BCUT2D eigenvalue weighted by Gasteiger charge is -2.19. The van der Waals surface area contributed by atoms with Crippen LogP contribution in [0.25, 0.3) is 11.1 Å². The van der Waals surface area contributed by atoms with Crippen molar-refractivity contribution in [3.8, 4) is 11.1 Å². The minimum atomic E-state index is -3.72. The van der Waals surface area contributed by atoms with Crippen molar-refractivity contribution in [1.82, 2.24) is 15.1 Å².